The third-order valence-corrected chi connectivity index (χ3v) is 9.30. The molecule has 8 aromatic carbocycles. The van der Waals surface area contributed by atoms with Crippen molar-refractivity contribution in [2.24, 2.45) is 0 Å². The molecule has 0 N–H and O–H groups in total. The molecule has 1 heterocycles. The maximum atomic E-state index is 6.23. The molecule has 0 bridgehead atoms. The summed E-state index contributed by atoms with van der Waals surface area (Å²) in [4.78, 5) is 4.67. The second-order valence-electron chi connectivity index (χ2n) is 12.2. The highest BCUT2D eigenvalue weighted by atomic mass is 16.5. The highest BCUT2D eigenvalue weighted by Crippen LogP contribution is 2.45. The van der Waals surface area contributed by atoms with Gasteiger partial charge in [0.2, 0.25) is 0 Å². The SMILES string of the molecule is COc1ccc(N(c2ccc3oc4ccccc4c3c2)c2cc3ccccc3c3cc(N(c4ccccc4)c4ccccc4)ccc23)cc1. The van der Waals surface area contributed by atoms with Gasteiger partial charge in [-0.25, -0.2) is 0 Å². The van der Waals surface area contributed by atoms with Crippen molar-refractivity contribution < 1.29 is 9.15 Å². The van der Waals surface area contributed by atoms with E-state index in [1.807, 2.05) is 24.3 Å². The molecule has 0 saturated carbocycles. The lowest BCUT2D eigenvalue weighted by Gasteiger charge is -2.29. The minimum absolute atomic E-state index is 0.815. The van der Waals surface area contributed by atoms with Crippen LogP contribution in [0, 0.1) is 0 Å². The number of hydrogen-bond donors (Lipinski definition) is 0. The van der Waals surface area contributed by atoms with E-state index >= 15 is 0 Å². The van der Waals surface area contributed by atoms with Crippen LogP contribution in [-0.4, -0.2) is 7.11 Å². The van der Waals surface area contributed by atoms with Crippen molar-refractivity contribution in [2.45, 2.75) is 0 Å². The number of rotatable bonds is 7. The summed E-state index contributed by atoms with van der Waals surface area (Å²) in [7, 11) is 1.70. The van der Waals surface area contributed by atoms with Gasteiger partial charge in [0.15, 0.2) is 0 Å². The van der Waals surface area contributed by atoms with Crippen LogP contribution in [0.3, 0.4) is 0 Å². The van der Waals surface area contributed by atoms with Crippen LogP contribution in [0.1, 0.15) is 0 Å². The van der Waals surface area contributed by atoms with Crippen LogP contribution in [0.15, 0.2) is 180 Å². The van der Waals surface area contributed by atoms with Gasteiger partial charge in [-0.15, -0.1) is 0 Å². The Morgan fingerprint density at radius 2 is 0.939 bits per heavy atom. The van der Waals surface area contributed by atoms with E-state index in [4.69, 9.17) is 9.15 Å². The molecule has 1 aromatic heterocycles. The molecule has 49 heavy (non-hydrogen) atoms. The second-order valence-corrected chi connectivity index (χ2v) is 12.2. The van der Waals surface area contributed by atoms with Crippen molar-refractivity contribution in [3.63, 3.8) is 0 Å². The first kappa shape index (κ1) is 28.7. The summed E-state index contributed by atoms with van der Waals surface area (Å²) >= 11 is 0. The van der Waals surface area contributed by atoms with Gasteiger partial charge in [-0.05, 0) is 107 Å². The van der Waals surface area contributed by atoms with Gasteiger partial charge in [-0.1, -0.05) is 84.9 Å². The number of fused-ring (bicyclic) bond motifs is 6. The molecular weight excluding hydrogens is 601 g/mol. The number of furan rings is 1. The summed E-state index contributed by atoms with van der Waals surface area (Å²) in [5, 5.41) is 6.88. The standard InChI is InChI=1S/C45H32N2O2/c1-48-37-24-20-34(21-25-37)47(36-23-27-45-42(30-36)40-18-10-11-19-44(40)49-45)43-28-31-12-8-9-17-38(31)41-29-35(22-26-39(41)43)46(32-13-4-2-5-14-32)33-15-6-3-7-16-33/h2-30H,1H3. The fourth-order valence-corrected chi connectivity index (χ4v) is 7.01. The molecule has 4 heteroatoms. The van der Waals surface area contributed by atoms with E-state index in [9.17, 15) is 0 Å². The minimum atomic E-state index is 0.815. The van der Waals surface area contributed by atoms with Crippen LogP contribution < -0.4 is 14.5 Å². The zero-order chi connectivity index (χ0) is 32.7. The molecule has 0 saturated heterocycles. The van der Waals surface area contributed by atoms with Gasteiger partial charge in [0, 0.05) is 44.6 Å². The molecule has 0 spiro atoms. The topological polar surface area (TPSA) is 28.9 Å². The van der Waals surface area contributed by atoms with Gasteiger partial charge >= 0.3 is 0 Å². The zero-order valence-electron chi connectivity index (χ0n) is 27.0. The Morgan fingerprint density at radius 1 is 0.388 bits per heavy atom. The van der Waals surface area contributed by atoms with Crippen LogP contribution >= 0.6 is 0 Å². The Kier molecular flexibility index (Phi) is 6.98. The summed E-state index contributed by atoms with van der Waals surface area (Å²) in [6, 6.07) is 61.9. The number of para-hydroxylation sites is 3. The maximum absolute atomic E-state index is 6.23. The Balaban J connectivity index is 1.31. The highest BCUT2D eigenvalue weighted by Gasteiger charge is 2.21. The predicted molar refractivity (Wildman–Crippen MR) is 205 cm³/mol. The van der Waals surface area contributed by atoms with Crippen molar-refractivity contribution in [3.05, 3.63) is 176 Å². The largest absolute Gasteiger partial charge is 0.497 e. The summed E-state index contributed by atoms with van der Waals surface area (Å²) < 4.78 is 11.8. The van der Waals surface area contributed by atoms with Gasteiger partial charge in [-0.3, -0.25) is 0 Å². The predicted octanol–water partition coefficient (Wildman–Crippen LogP) is 12.8. The molecule has 0 amide bonds. The fraction of sp³-hybridized carbons (Fsp3) is 0.0222. The van der Waals surface area contributed by atoms with Crippen LogP contribution in [0.4, 0.5) is 34.1 Å². The van der Waals surface area contributed by atoms with Crippen molar-refractivity contribution in [3.8, 4) is 5.75 Å². The third kappa shape index (κ3) is 5.02. The number of methoxy groups -OCH3 is 1. The van der Waals surface area contributed by atoms with E-state index in [0.717, 1.165) is 67.2 Å². The van der Waals surface area contributed by atoms with E-state index in [-0.39, 0.29) is 0 Å². The average molecular weight is 633 g/mol. The molecular formula is C45H32N2O2. The minimum Gasteiger partial charge on any atom is -0.497 e. The molecule has 0 aliphatic carbocycles. The summed E-state index contributed by atoms with van der Waals surface area (Å²) in [5.41, 5.74) is 8.22. The van der Waals surface area contributed by atoms with E-state index < -0.39 is 0 Å². The number of anilines is 6. The molecule has 4 nitrogen and oxygen atoms in total. The van der Waals surface area contributed by atoms with Gasteiger partial charge in [0.25, 0.3) is 0 Å². The quantitative estimate of drug-likeness (QED) is 0.164. The van der Waals surface area contributed by atoms with Crippen molar-refractivity contribution in [1.82, 2.24) is 0 Å². The van der Waals surface area contributed by atoms with E-state index in [0.29, 0.717) is 0 Å². The van der Waals surface area contributed by atoms with Gasteiger partial charge < -0.3 is 19.0 Å². The van der Waals surface area contributed by atoms with Crippen molar-refractivity contribution in [1.29, 1.82) is 0 Å². The third-order valence-electron chi connectivity index (χ3n) is 9.30. The number of nitrogens with zero attached hydrogens (tertiary/aromatic N) is 2. The molecule has 9 rings (SSSR count). The smallest absolute Gasteiger partial charge is 0.135 e. The Morgan fingerprint density at radius 3 is 1.67 bits per heavy atom. The lowest BCUT2D eigenvalue weighted by molar-refractivity contribution is 0.415. The summed E-state index contributed by atoms with van der Waals surface area (Å²) in [6.45, 7) is 0. The Labute approximate surface area is 284 Å². The monoisotopic (exact) mass is 632 g/mol. The molecule has 0 unspecified atom stereocenters. The fourth-order valence-electron chi connectivity index (χ4n) is 7.01. The van der Waals surface area contributed by atoms with Gasteiger partial charge in [0.1, 0.15) is 16.9 Å². The van der Waals surface area contributed by atoms with E-state index in [2.05, 4.69) is 161 Å². The Bertz CT molecular complexity index is 2550. The average Bonchev–Trinajstić information content (AvgIpc) is 3.54. The van der Waals surface area contributed by atoms with Crippen LogP contribution in [0.25, 0.3) is 43.5 Å². The molecule has 0 atom stereocenters. The first-order valence-electron chi connectivity index (χ1n) is 16.5. The molecule has 234 valence electrons. The molecule has 0 radical (unpaired) electrons. The number of hydrogen-bond acceptors (Lipinski definition) is 4. The zero-order valence-corrected chi connectivity index (χ0v) is 27.0. The van der Waals surface area contributed by atoms with E-state index in [1.165, 1.54) is 16.2 Å². The second kappa shape index (κ2) is 11.9. The Hall–Kier alpha value is -6.52. The molecule has 0 aliphatic heterocycles. The molecule has 0 fully saturated rings. The molecule has 9 aromatic rings. The number of benzene rings is 8. The van der Waals surface area contributed by atoms with Crippen LogP contribution in [-0.2, 0) is 0 Å². The van der Waals surface area contributed by atoms with Crippen molar-refractivity contribution in [2.75, 3.05) is 16.9 Å². The van der Waals surface area contributed by atoms with Gasteiger partial charge in [0.05, 0.1) is 12.8 Å². The van der Waals surface area contributed by atoms with Crippen LogP contribution in [0.2, 0.25) is 0 Å². The van der Waals surface area contributed by atoms with Gasteiger partial charge in [-0.2, -0.15) is 0 Å². The molecule has 0 aliphatic rings. The summed E-state index contributed by atoms with van der Waals surface area (Å²) in [6.07, 6.45) is 0. The highest BCUT2D eigenvalue weighted by molar-refractivity contribution is 6.16. The number of ether oxygens (including phenoxy) is 1. The lowest BCUT2D eigenvalue weighted by atomic mass is 9.97. The maximum Gasteiger partial charge on any atom is 0.135 e. The van der Waals surface area contributed by atoms with E-state index in [1.54, 1.807) is 7.11 Å². The summed E-state index contributed by atoms with van der Waals surface area (Å²) in [5.74, 6) is 0.815. The van der Waals surface area contributed by atoms with Crippen molar-refractivity contribution >= 4 is 77.6 Å². The normalized spacial score (nSPS) is 11.4. The first-order chi connectivity index (χ1) is 24.2. The van der Waals surface area contributed by atoms with Crippen LogP contribution in [0.5, 0.6) is 5.75 Å². The lowest BCUT2D eigenvalue weighted by Crippen LogP contribution is -2.11. The first-order valence-corrected chi connectivity index (χ1v) is 16.5.